The number of azide groups is 1. The van der Waals surface area contributed by atoms with Gasteiger partial charge in [0.2, 0.25) is 10.0 Å². The lowest BCUT2D eigenvalue weighted by molar-refractivity contribution is 0.395. The molecule has 0 amide bonds. The van der Waals surface area contributed by atoms with Crippen molar-refractivity contribution in [3.05, 3.63) is 57.2 Å². The third-order valence-corrected chi connectivity index (χ3v) is 6.41. The van der Waals surface area contributed by atoms with Gasteiger partial charge in [-0.15, -0.1) is 0 Å². The smallest absolute Gasteiger partial charge is 0.240 e. The molecule has 0 unspecified atom stereocenters. The topological polar surface area (TPSA) is 127 Å². The van der Waals surface area contributed by atoms with E-state index in [4.69, 9.17) is 27.3 Å². The quantitative estimate of drug-likeness (QED) is 0.309. The number of benzene rings is 2. The van der Waals surface area contributed by atoms with Crippen LogP contribution in [0.25, 0.3) is 32.6 Å². The van der Waals surface area contributed by atoms with E-state index in [9.17, 15) is 8.42 Å². The first kappa shape index (κ1) is 23.1. The minimum Gasteiger partial charge on any atom is -0.323 e. The average molecular weight is 461 g/mol. The zero-order chi connectivity index (χ0) is 23.0. The van der Waals surface area contributed by atoms with Gasteiger partial charge in [0.05, 0.1) is 16.1 Å². The van der Waals surface area contributed by atoms with E-state index in [1.807, 2.05) is 31.2 Å². The molecule has 164 valence electrons. The standard InChI is InChI=1S/C21H25ClN6O2S/c1-5-17-26-19-16(28(17)21(2,3)4)12-15(22)20(31(24,29)30)18(19)14-8-6-13(7-9-14)10-11-25-27-23/h6-9,12H,5,10-11H2,1-4H3,(H2,24,29,30). The van der Waals surface area contributed by atoms with E-state index in [1.165, 1.54) is 0 Å². The highest BCUT2D eigenvalue weighted by Crippen LogP contribution is 2.40. The van der Waals surface area contributed by atoms with E-state index in [0.29, 0.717) is 36.0 Å². The Morgan fingerprint density at radius 1 is 1.26 bits per heavy atom. The van der Waals surface area contributed by atoms with Crippen LogP contribution in [0.2, 0.25) is 5.02 Å². The Hall–Kier alpha value is -2.58. The summed E-state index contributed by atoms with van der Waals surface area (Å²) in [7, 11) is -4.11. The van der Waals surface area contributed by atoms with E-state index >= 15 is 0 Å². The van der Waals surface area contributed by atoms with Crippen LogP contribution in [0.4, 0.5) is 0 Å². The highest BCUT2D eigenvalue weighted by atomic mass is 35.5. The minimum absolute atomic E-state index is 0.0606. The number of hydrogen-bond acceptors (Lipinski definition) is 4. The summed E-state index contributed by atoms with van der Waals surface area (Å²) in [6.07, 6.45) is 1.25. The molecule has 0 spiro atoms. The van der Waals surface area contributed by atoms with Gasteiger partial charge in [-0.2, -0.15) is 0 Å². The first-order valence-corrected chi connectivity index (χ1v) is 11.8. The van der Waals surface area contributed by atoms with Gasteiger partial charge in [-0.05, 0) is 49.9 Å². The van der Waals surface area contributed by atoms with Crippen LogP contribution in [0, 0.1) is 0 Å². The van der Waals surface area contributed by atoms with E-state index in [1.54, 1.807) is 6.07 Å². The fourth-order valence-electron chi connectivity index (χ4n) is 3.80. The van der Waals surface area contributed by atoms with Crippen LogP contribution in [0.1, 0.15) is 39.1 Å². The number of rotatable bonds is 6. The second-order valence-corrected chi connectivity index (χ2v) is 10.2. The maximum absolute atomic E-state index is 12.5. The molecule has 1 heterocycles. The largest absolute Gasteiger partial charge is 0.323 e. The molecule has 0 fully saturated rings. The van der Waals surface area contributed by atoms with Gasteiger partial charge in [0.25, 0.3) is 0 Å². The summed E-state index contributed by atoms with van der Waals surface area (Å²) in [5.41, 5.74) is 11.5. The fraction of sp³-hybridized carbons (Fsp3) is 0.381. The van der Waals surface area contributed by atoms with E-state index < -0.39 is 10.0 Å². The highest BCUT2D eigenvalue weighted by Gasteiger charge is 2.28. The van der Waals surface area contributed by atoms with Crippen molar-refractivity contribution >= 4 is 32.7 Å². The van der Waals surface area contributed by atoms with Crippen molar-refractivity contribution in [2.24, 2.45) is 10.3 Å². The summed E-state index contributed by atoms with van der Waals surface area (Å²) in [4.78, 5) is 7.42. The molecule has 0 aliphatic carbocycles. The summed E-state index contributed by atoms with van der Waals surface area (Å²) in [5, 5.41) is 9.17. The van der Waals surface area contributed by atoms with Crippen LogP contribution < -0.4 is 5.14 Å². The van der Waals surface area contributed by atoms with Gasteiger partial charge in [-0.1, -0.05) is 47.9 Å². The van der Waals surface area contributed by atoms with Crippen LogP contribution in [0.15, 0.2) is 40.3 Å². The van der Waals surface area contributed by atoms with E-state index in [-0.39, 0.29) is 15.5 Å². The molecule has 0 atom stereocenters. The first-order valence-electron chi connectivity index (χ1n) is 9.86. The lowest BCUT2D eigenvalue weighted by atomic mass is 10.0. The van der Waals surface area contributed by atoms with Gasteiger partial charge in [0.15, 0.2) is 0 Å². The van der Waals surface area contributed by atoms with Crippen molar-refractivity contribution in [1.29, 1.82) is 0 Å². The van der Waals surface area contributed by atoms with Crippen LogP contribution in [-0.4, -0.2) is 24.5 Å². The summed E-state index contributed by atoms with van der Waals surface area (Å²) in [6.45, 7) is 8.53. The van der Waals surface area contributed by atoms with Crippen LogP contribution >= 0.6 is 11.6 Å². The number of fused-ring (bicyclic) bond motifs is 1. The number of nitrogens with zero attached hydrogens (tertiary/aromatic N) is 5. The zero-order valence-electron chi connectivity index (χ0n) is 17.9. The Morgan fingerprint density at radius 2 is 1.90 bits per heavy atom. The average Bonchev–Trinajstić information content (AvgIpc) is 3.05. The van der Waals surface area contributed by atoms with Crippen LogP contribution in [0.3, 0.4) is 0 Å². The van der Waals surface area contributed by atoms with Crippen LogP contribution in [-0.2, 0) is 28.4 Å². The summed E-state index contributed by atoms with van der Waals surface area (Å²) < 4.78 is 27.1. The first-order chi connectivity index (χ1) is 14.5. The Morgan fingerprint density at radius 3 is 2.42 bits per heavy atom. The molecule has 10 heteroatoms. The zero-order valence-corrected chi connectivity index (χ0v) is 19.5. The predicted molar refractivity (Wildman–Crippen MR) is 124 cm³/mol. The monoisotopic (exact) mass is 460 g/mol. The molecule has 8 nitrogen and oxygen atoms in total. The molecular weight excluding hydrogens is 436 g/mol. The molecule has 0 saturated heterocycles. The molecule has 2 N–H and O–H groups in total. The molecule has 0 saturated carbocycles. The Balaban J connectivity index is 2.35. The number of aromatic nitrogens is 2. The number of sulfonamides is 1. The number of hydrogen-bond donors (Lipinski definition) is 1. The van der Waals surface area contributed by atoms with Gasteiger partial charge in [0, 0.05) is 29.0 Å². The third-order valence-electron chi connectivity index (χ3n) is 5.00. The normalized spacial score (nSPS) is 12.2. The summed E-state index contributed by atoms with van der Waals surface area (Å²) in [6, 6.07) is 8.98. The van der Waals surface area contributed by atoms with Crippen molar-refractivity contribution in [2.75, 3.05) is 6.54 Å². The molecule has 0 aliphatic heterocycles. The Kier molecular flexibility index (Phi) is 6.34. The van der Waals surface area contributed by atoms with Gasteiger partial charge >= 0.3 is 0 Å². The number of aryl methyl sites for hydroxylation is 1. The number of nitrogens with two attached hydrogens (primary N) is 1. The number of primary sulfonamides is 1. The van der Waals surface area contributed by atoms with Crippen LogP contribution in [0.5, 0.6) is 0 Å². The van der Waals surface area contributed by atoms with Gasteiger partial charge in [-0.3, -0.25) is 0 Å². The maximum atomic E-state index is 12.5. The van der Waals surface area contributed by atoms with Crippen molar-refractivity contribution in [2.45, 2.75) is 51.0 Å². The predicted octanol–water partition coefficient (Wildman–Crippen LogP) is 5.17. The highest BCUT2D eigenvalue weighted by molar-refractivity contribution is 7.89. The molecule has 3 aromatic rings. The van der Waals surface area contributed by atoms with Crippen molar-refractivity contribution in [3.63, 3.8) is 0 Å². The second-order valence-electron chi connectivity index (χ2n) is 8.26. The molecular formula is C21H25ClN6O2S. The molecule has 31 heavy (non-hydrogen) atoms. The molecule has 1 aromatic heterocycles. The van der Waals surface area contributed by atoms with Gasteiger partial charge < -0.3 is 4.57 Å². The summed E-state index contributed by atoms with van der Waals surface area (Å²) in [5.74, 6) is 0.831. The molecule has 0 bridgehead atoms. The maximum Gasteiger partial charge on any atom is 0.240 e. The minimum atomic E-state index is -4.11. The molecule has 0 radical (unpaired) electrons. The second kappa shape index (κ2) is 8.51. The SMILES string of the molecule is CCc1nc2c(-c3ccc(CCN=[N+]=[N-])cc3)c(S(N)(=O)=O)c(Cl)cc2n1C(C)(C)C. The molecule has 2 aromatic carbocycles. The van der Waals surface area contributed by atoms with Gasteiger partial charge in [0.1, 0.15) is 10.7 Å². The Labute approximate surface area is 186 Å². The third kappa shape index (κ3) is 4.55. The fourth-order valence-corrected chi connectivity index (χ4v) is 5.15. The summed E-state index contributed by atoms with van der Waals surface area (Å²) >= 11 is 6.49. The number of halogens is 1. The Bertz CT molecular complexity index is 1280. The van der Waals surface area contributed by atoms with Crippen molar-refractivity contribution in [1.82, 2.24) is 9.55 Å². The van der Waals surface area contributed by atoms with Crippen molar-refractivity contribution in [3.8, 4) is 11.1 Å². The van der Waals surface area contributed by atoms with E-state index in [0.717, 1.165) is 16.9 Å². The number of imidazole rings is 1. The van der Waals surface area contributed by atoms with E-state index in [2.05, 4.69) is 35.4 Å². The van der Waals surface area contributed by atoms with Gasteiger partial charge in [-0.25, -0.2) is 18.5 Å². The lowest BCUT2D eigenvalue weighted by Crippen LogP contribution is -2.24. The van der Waals surface area contributed by atoms with Crippen molar-refractivity contribution < 1.29 is 8.42 Å². The lowest BCUT2D eigenvalue weighted by Gasteiger charge is -2.25. The molecule has 3 rings (SSSR count). The molecule has 0 aliphatic rings.